The van der Waals surface area contributed by atoms with Crippen molar-refractivity contribution in [2.75, 3.05) is 5.75 Å². The number of primary amides is 2. The van der Waals surface area contributed by atoms with Gasteiger partial charge in [-0.25, -0.2) is 4.79 Å². The molecule has 10 N–H and O–H groups in total. The molecule has 0 aliphatic rings. The van der Waals surface area contributed by atoms with Crippen LogP contribution in [0.2, 0.25) is 0 Å². The van der Waals surface area contributed by atoms with Crippen molar-refractivity contribution >= 4 is 48.1 Å². The van der Waals surface area contributed by atoms with Crippen molar-refractivity contribution in [2.24, 2.45) is 17.2 Å². The molecule has 1 rings (SSSR count). The lowest BCUT2D eigenvalue weighted by Crippen LogP contribution is -2.58. The summed E-state index contributed by atoms with van der Waals surface area (Å²) in [5.74, 6) is -5.61. The zero-order chi connectivity index (χ0) is 26.5. The Morgan fingerprint density at radius 2 is 1.37 bits per heavy atom. The molecule has 0 saturated heterocycles. The second-order valence-electron chi connectivity index (χ2n) is 7.68. The number of carbonyl (C=O) groups excluding carboxylic acids is 5. The minimum Gasteiger partial charge on any atom is -0.480 e. The van der Waals surface area contributed by atoms with Crippen LogP contribution in [0.1, 0.15) is 24.8 Å². The van der Waals surface area contributed by atoms with E-state index in [0.717, 1.165) is 0 Å². The molecule has 1 aromatic carbocycles. The SMILES string of the molecule is NC(=O)CCC(NC(=O)C(CS)NC(=O)C(N)CC(N)=O)C(=O)NC(Cc1ccccc1)C(=O)O. The standard InChI is InChI=1S/C21H30N6O7S/c22-12(9-17(24)29)18(30)27-15(10-35)20(32)25-13(6-7-16(23)28)19(31)26-14(21(33)34)8-11-4-2-1-3-5-11/h1-5,12-15,35H,6-10,22H2,(H2,23,28)(H2,24,29)(H,25,32)(H,26,31)(H,27,30)(H,33,34). The monoisotopic (exact) mass is 510 g/mol. The fourth-order valence-corrected chi connectivity index (χ4v) is 3.19. The molecule has 0 aliphatic heterocycles. The van der Waals surface area contributed by atoms with Crippen molar-refractivity contribution in [1.82, 2.24) is 16.0 Å². The summed E-state index contributed by atoms with van der Waals surface area (Å²) in [4.78, 5) is 71.5. The van der Waals surface area contributed by atoms with Crippen molar-refractivity contribution in [3.63, 3.8) is 0 Å². The van der Waals surface area contributed by atoms with Crippen molar-refractivity contribution in [2.45, 2.75) is 49.9 Å². The minimum atomic E-state index is -1.34. The molecule has 4 atom stereocenters. The first-order chi connectivity index (χ1) is 16.4. The Balaban J connectivity index is 2.93. The molecule has 0 saturated carbocycles. The average molecular weight is 511 g/mol. The Hall–Kier alpha value is -3.65. The van der Waals surface area contributed by atoms with Crippen LogP contribution in [-0.4, -0.2) is 70.5 Å². The topological polar surface area (TPSA) is 237 Å². The maximum Gasteiger partial charge on any atom is 0.326 e. The Morgan fingerprint density at radius 1 is 0.829 bits per heavy atom. The Labute approximate surface area is 206 Å². The third-order valence-electron chi connectivity index (χ3n) is 4.78. The van der Waals surface area contributed by atoms with E-state index in [0.29, 0.717) is 5.56 Å². The molecule has 13 nitrogen and oxygen atoms in total. The van der Waals surface area contributed by atoms with Gasteiger partial charge >= 0.3 is 5.97 Å². The molecule has 0 heterocycles. The van der Waals surface area contributed by atoms with Gasteiger partial charge in [0, 0.05) is 18.6 Å². The van der Waals surface area contributed by atoms with Crippen LogP contribution in [0.4, 0.5) is 0 Å². The van der Waals surface area contributed by atoms with Crippen molar-refractivity contribution in [3.05, 3.63) is 35.9 Å². The molecule has 0 aliphatic carbocycles. The number of carboxylic acids is 1. The van der Waals surface area contributed by atoms with Crippen LogP contribution in [0, 0.1) is 0 Å². The molecular weight excluding hydrogens is 480 g/mol. The molecule has 35 heavy (non-hydrogen) atoms. The molecule has 4 unspecified atom stereocenters. The molecule has 0 radical (unpaired) electrons. The van der Waals surface area contributed by atoms with Gasteiger partial charge < -0.3 is 38.3 Å². The van der Waals surface area contributed by atoms with E-state index >= 15 is 0 Å². The van der Waals surface area contributed by atoms with Crippen molar-refractivity contribution in [3.8, 4) is 0 Å². The number of thiol groups is 1. The van der Waals surface area contributed by atoms with E-state index in [1.807, 2.05) is 0 Å². The van der Waals surface area contributed by atoms with Gasteiger partial charge in [0.2, 0.25) is 29.5 Å². The average Bonchev–Trinajstić information content (AvgIpc) is 2.79. The fraction of sp³-hybridized carbons (Fsp3) is 0.429. The van der Waals surface area contributed by atoms with E-state index in [2.05, 4.69) is 28.6 Å². The molecular formula is C21H30N6O7S. The summed E-state index contributed by atoms with van der Waals surface area (Å²) < 4.78 is 0. The summed E-state index contributed by atoms with van der Waals surface area (Å²) in [6, 6.07) is 3.36. The number of carbonyl (C=O) groups is 6. The van der Waals surface area contributed by atoms with Gasteiger partial charge in [0.1, 0.15) is 18.1 Å². The van der Waals surface area contributed by atoms with E-state index in [9.17, 15) is 33.9 Å². The molecule has 5 amide bonds. The van der Waals surface area contributed by atoms with Gasteiger partial charge in [-0.15, -0.1) is 0 Å². The number of nitrogens with one attached hydrogen (secondary N) is 3. The van der Waals surface area contributed by atoms with E-state index in [4.69, 9.17) is 17.2 Å². The highest BCUT2D eigenvalue weighted by Gasteiger charge is 2.30. The third-order valence-corrected chi connectivity index (χ3v) is 5.15. The molecule has 1 aromatic rings. The highest BCUT2D eigenvalue weighted by atomic mass is 32.1. The summed E-state index contributed by atoms with van der Waals surface area (Å²) >= 11 is 4.00. The van der Waals surface area contributed by atoms with E-state index in [1.165, 1.54) is 0 Å². The quantitative estimate of drug-likeness (QED) is 0.114. The summed E-state index contributed by atoms with van der Waals surface area (Å²) in [5.41, 5.74) is 16.4. The van der Waals surface area contributed by atoms with Gasteiger partial charge in [-0.1, -0.05) is 30.3 Å². The number of aliphatic carboxylic acids is 1. The van der Waals surface area contributed by atoms with Crippen LogP contribution >= 0.6 is 12.6 Å². The van der Waals surface area contributed by atoms with Crippen LogP contribution in [-0.2, 0) is 35.2 Å². The van der Waals surface area contributed by atoms with Gasteiger partial charge in [0.25, 0.3) is 0 Å². The van der Waals surface area contributed by atoms with Crippen LogP contribution < -0.4 is 33.2 Å². The second-order valence-corrected chi connectivity index (χ2v) is 8.04. The molecule has 0 bridgehead atoms. The number of rotatable bonds is 15. The van der Waals surface area contributed by atoms with Gasteiger partial charge in [0.05, 0.1) is 12.5 Å². The minimum absolute atomic E-state index is 0.0223. The van der Waals surface area contributed by atoms with E-state index < -0.39 is 66.1 Å². The maximum absolute atomic E-state index is 12.8. The van der Waals surface area contributed by atoms with Gasteiger partial charge in [0.15, 0.2) is 0 Å². The lowest BCUT2D eigenvalue weighted by molar-refractivity contribution is -0.142. The summed E-state index contributed by atoms with van der Waals surface area (Å²) in [5, 5.41) is 16.5. The number of hydrogen-bond acceptors (Lipinski definition) is 8. The van der Waals surface area contributed by atoms with Crippen molar-refractivity contribution < 1.29 is 33.9 Å². The number of benzene rings is 1. The number of carboxylic acid groups (broad SMARTS) is 1. The Kier molecular flexibility index (Phi) is 12.2. The second kappa shape index (κ2) is 14.6. The Morgan fingerprint density at radius 3 is 1.89 bits per heavy atom. The molecule has 0 spiro atoms. The smallest absolute Gasteiger partial charge is 0.326 e. The summed E-state index contributed by atoms with van der Waals surface area (Å²) in [6.07, 6.45) is -0.977. The van der Waals surface area contributed by atoms with Crippen LogP contribution in [0.25, 0.3) is 0 Å². The molecule has 0 fully saturated rings. The predicted octanol–water partition coefficient (Wildman–Crippen LogP) is -2.83. The maximum atomic E-state index is 12.8. The molecule has 0 aromatic heterocycles. The lowest BCUT2D eigenvalue weighted by Gasteiger charge is -2.24. The zero-order valence-corrected chi connectivity index (χ0v) is 19.7. The summed E-state index contributed by atoms with van der Waals surface area (Å²) in [7, 11) is 0. The van der Waals surface area contributed by atoms with Crippen LogP contribution in [0.3, 0.4) is 0 Å². The fourth-order valence-electron chi connectivity index (χ4n) is 2.93. The molecule has 14 heteroatoms. The lowest BCUT2D eigenvalue weighted by atomic mass is 10.0. The number of amides is 5. The highest BCUT2D eigenvalue weighted by molar-refractivity contribution is 7.80. The van der Waals surface area contributed by atoms with Crippen LogP contribution in [0.5, 0.6) is 0 Å². The van der Waals surface area contributed by atoms with E-state index in [-0.39, 0.29) is 25.0 Å². The first-order valence-corrected chi connectivity index (χ1v) is 11.2. The number of nitrogens with two attached hydrogens (primary N) is 3. The first-order valence-electron chi connectivity index (χ1n) is 10.6. The zero-order valence-electron chi connectivity index (χ0n) is 18.8. The predicted molar refractivity (Wildman–Crippen MR) is 128 cm³/mol. The first kappa shape index (κ1) is 29.4. The Bertz CT molecular complexity index is 930. The normalized spacial score (nSPS) is 14.0. The van der Waals surface area contributed by atoms with Gasteiger partial charge in [-0.05, 0) is 12.0 Å². The number of hydrogen-bond donors (Lipinski definition) is 8. The molecule has 192 valence electrons. The summed E-state index contributed by atoms with van der Waals surface area (Å²) in [6.45, 7) is 0. The van der Waals surface area contributed by atoms with Crippen LogP contribution in [0.15, 0.2) is 30.3 Å². The van der Waals surface area contributed by atoms with E-state index in [1.54, 1.807) is 30.3 Å². The third kappa shape index (κ3) is 10.9. The van der Waals surface area contributed by atoms with Crippen molar-refractivity contribution in [1.29, 1.82) is 0 Å². The van der Waals surface area contributed by atoms with Gasteiger partial charge in [-0.3, -0.25) is 24.0 Å². The van der Waals surface area contributed by atoms with Gasteiger partial charge in [-0.2, -0.15) is 12.6 Å². The highest BCUT2D eigenvalue weighted by Crippen LogP contribution is 2.06. The largest absolute Gasteiger partial charge is 0.480 e.